The van der Waals surface area contributed by atoms with Gasteiger partial charge in [0.1, 0.15) is 23.3 Å². The molecule has 0 spiro atoms. The number of unbranched alkanes of at least 4 members (excludes halogenated alkanes) is 1. The summed E-state index contributed by atoms with van der Waals surface area (Å²) in [5.41, 5.74) is 2.95. The fourth-order valence-electron chi connectivity index (χ4n) is 10.4. The monoisotopic (exact) mass is 1080 g/mol. The van der Waals surface area contributed by atoms with Gasteiger partial charge in [0, 0.05) is 100 Å². The van der Waals surface area contributed by atoms with E-state index in [2.05, 4.69) is 44.1 Å². The van der Waals surface area contributed by atoms with Crippen LogP contribution >= 0.6 is 11.8 Å². The van der Waals surface area contributed by atoms with Gasteiger partial charge in [0.2, 0.25) is 17.7 Å². The van der Waals surface area contributed by atoms with Crippen LogP contribution in [-0.4, -0.2) is 166 Å². The molecule has 7 rings (SSSR count). The lowest BCUT2D eigenvalue weighted by Gasteiger charge is -2.36. The number of ether oxygens (including phenoxy) is 6. The Morgan fingerprint density at radius 2 is 1.55 bits per heavy atom. The number of benzene rings is 2. The van der Waals surface area contributed by atoms with Crippen molar-refractivity contribution >= 4 is 47.0 Å². The van der Waals surface area contributed by atoms with Gasteiger partial charge in [0.25, 0.3) is 11.8 Å². The lowest BCUT2D eigenvalue weighted by atomic mass is 9.76. The van der Waals surface area contributed by atoms with Gasteiger partial charge in [0.05, 0.1) is 89.3 Å². The predicted molar refractivity (Wildman–Crippen MR) is 292 cm³/mol. The summed E-state index contributed by atoms with van der Waals surface area (Å²) in [6.45, 7) is 8.97. The van der Waals surface area contributed by atoms with Crippen molar-refractivity contribution < 1.29 is 52.4 Å². The number of piperidine rings is 3. The Balaban J connectivity index is 0.679. The normalized spacial score (nSPS) is 19.9. The molecule has 4 N–H and O–H groups in total. The number of carbonyl (C=O) groups excluding carboxylic acids is 5. The van der Waals surface area contributed by atoms with Crippen LogP contribution in [0.25, 0.3) is 0 Å². The van der Waals surface area contributed by atoms with E-state index in [1.807, 2.05) is 36.0 Å². The second-order valence-corrected chi connectivity index (χ2v) is 21.3. The summed E-state index contributed by atoms with van der Waals surface area (Å²) < 4.78 is 34.2. The molecule has 4 fully saturated rings. The molecule has 4 aliphatic rings. The second-order valence-electron chi connectivity index (χ2n) is 20.1. The lowest BCUT2D eigenvalue weighted by Crippen LogP contribution is -2.50. The minimum atomic E-state index is -0.248. The summed E-state index contributed by atoms with van der Waals surface area (Å²) >= 11 is 1.98. The van der Waals surface area contributed by atoms with Gasteiger partial charge >= 0.3 is 0 Å². The fraction of sp³-hybridized carbons (Fsp3) is 0.596. The Hall–Kier alpha value is -5.82. The predicted octanol–water partition coefficient (Wildman–Crippen LogP) is 5.76. The highest BCUT2D eigenvalue weighted by Gasteiger charge is 2.45. The number of pyridine rings is 1. The summed E-state index contributed by atoms with van der Waals surface area (Å²) in [6, 6.07) is 18.6. The number of nitriles is 1. The number of hydrogen-bond acceptors (Lipinski definition) is 15. The van der Waals surface area contributed by atoms with E-state index in [0.717, 1.165) is 69.5 Å². The van der Waals surface area contributed by atoms with Crippen molar-refractivity contribution in [1.29, 1.82) is 5.26 Å². The number of methoxy groups -OCH3 is 1. The molecule has 0 bridgehead atoms. The van der Waals surface area contributed by atoms with Gasteiger partial charge in [-0.2, -0.15) is 17.0 Å². The third-order valence-electron chi connectivity index (χ3n) is 14.7. The van der Waals surface area contributed by atoms with Gasteiger partial charge in [-0.05, 0) is 79.5 Å². The van der Waals surface area contributed by atoms with Gasteiger partial charge in [0.15, 0.2) is 0 Å². The summed E-state index contributed by atoms with van der Waals surface area (Å²) in [5.74, 6) is 2.65. The molecule has 20 heteroatoms. The van der Waals surface area contributed by atoms with Crippen LogP contribution in [0, 0.1) is 23.2 Å². The van der Waals surface area contributed by atoms with E-state index < -0.39 is 0 Å². The van der Waals surface area contributed by atoms with Gasteiger partial charge in [-0.25, -0.2) is 0 Å². The number of anilines is 1. The SMILES string of the molecule is CCC1CC(=O)NC2CSC(CCCCC(=O)NCCOCCOCCOCCOCCC(=O)Nc3cc(OC)ccc3OC3CCN(C(=O)c4ccc(C(=O)NC5CCN(Cc6ccc(C#N)cc6)CC5)cn4)CC3)C12. The quantitative estimate of drug-likeness (QED) is 0.0582. The van der Waals surface area contributed by atoms with Crippen molar-refractivity contribution in [3.8, 4) is 17.6 Å². The zero-order valence-corrected chi connectivity index (χ0v) is 45.6. The van der Waals surface area contributed by atoms with Gasteiger partial charge in [-0.15, -0.1) is 0 Å². The summed E-state index contributed by atoms with van der Waals surface area (Å²) in [5, 5.41) is 21.8. The minimum absolute atomic E-state index is 0.0444. The molecule has 1 aromatic heterocycles. The number of carbonyl (C=O) groups is 5. The van der Waals surface area contributed by atoms with E-state index in [-0.39, 0.29) is 60.4 Å². The number of fused-ring (bicyclic) bond motifs is 1. The van der Waals surface area contributed by atoms with E-state index in [9.17, 15) is 24.0 Å². The molecule has 418 valence electrons. The molecule has 3 aromatic rings. The first-order valence-electron chi connectivity index (χ1n) is 27.5. The van der Waals surface area contributed by atoms with E-state index in [4.69, 9.17) is 33.7 Å². The molecule has 19 nitrogen and oxygen atoms in total. The van der Waals surface area contributed by atoms with Crippen LogP contribution in [-0.2, 0) is 39.9 Å². The fourth-order valence-corrected chi connectivity index (χ4v) is 12.1. The summed E-state index contributed by atoms with van der Waals surface area (Å²) in [4.78, 5) is 72.3. The highest BCUT2D eigenvalue weighted by molar-refractivity contribution is 8.00. The topological polar surface area (TPSA) is 232 Å². The minimum Gasteiger partial charge on any atom is -0.497 e. The van der Waals surface area contributed by atoms with E-state index in [1.165, 1.54) is 6.20 Å². The summed E-state index contributed by atoms with van der Waals surface area (Å²) in [7, 11) is 1.55. The molecule has 5 amide bonds. The van der Waals surface area contributed by atoms with Gasteiger partial charge < -0.3 is 54.6 Å². The van der Waals surface area contributed by atoms with Crippen molar-refractivity contribution in [2.75, 3.05) is 104 Å². The molecule has 0 saturated carbocycles. The first-order valence-corrected chi connectivity index (χ1v) is 28.5. The van der Waals surface area contributed by atoms with Crippen molar-refractivity contribution in [1.82, 2.24) is 30.7 Å². The Morgan fingerprint density at radius 1 is 0.831 bits per heavy atom. The third kappa shape index (κ3) is 19.0. The van der Waals surface area contributed by atoms with Crippen LogP contribution in [0.5, 0.6) is 11.5 Å². The zero-order valence-electron chi connectivity index (χ0n) is 44.8. The Morgan fingerprint density at radius 3 is 2.22 bits per heavy atom. The molecule has 77 heavy (non-hydrogen) atoms. The number of hydrogen-bond donors (Lipinski definition) is 4. The van der Waals surface area contributed by atoms with Crippen LogP contribution in [0.15, 0.2) is 60.8 Å². The number of aromatic nitrogens is 1. The third-order valence-corrected chi connectivity index (χ3v) is 16.2. The standard InChI is InChI=1S/C57H78N8O11S/c1-3-42-34-54(68)63-49-39-77-51(55(42)49)6-4-5-7-52(66)59-21-27-73-29-31-75-33-32-74-30-28-72-26-20-53(67)62-48-35-46(71-2)13-15-50(48)76-45-18-24-65(25-19-45)57(70)47-14-12-43(37-60-47)56(69)61-44-16-22-64(23-17-44)38-41-10-8-40(36-58)9-11-41/h8-15,35,37,42,44-45,49,51,55H,3-7,16-34,38-39H2,1-2H3,(H,59,66)(H,61,69)(H,62,67)(H,63,68). The highest BCUT2D eigenvalue weighted by atomic mass is 32.2. The number of nitrogens with zero attached hydrogens (tertiary/aromatic N) is 4. The van der Waals surface area contributed by atoms with E-state index >= 15 is 0 Å². The van der Waals surface area contributed by atoms with Gasteiger partial charge in [-0.3, -0.25) is 33.9 Å². The molecule has 4 saturated heterocycles. The van der Waals surface area contributed by atoms with Crippen molar-refractivity contribution in [2.45, 2.75) is 108 Å². The van der Waals surface area contributed by atoms with Gasteiger partial charge in [-0.1, -0.05) is 31.9 Å². The highest BCUT2D eigenvalue weighted by Crippen LogP contribution is 2.44. The second kappa shape index (κ2) is 31.5. The first kappa shape index (κ1) is 58.9. The molecule has 2 aromatic carbocycles. The van der Waals surface area contributed by atoms with Crippen LogP contribution in [0.4, 0.5) is 5.69 Å². The largest absolute Gasteiger partial charge is 0.497 e. The lowest BCUT2D eigenvalue weighted by molar-refractivity contribution is -0.126. The molecule has 0 radical (unpaired) electrons. The Bertz CT molecular complexity index is 2390. The Kier molecular flexibility index (Phi) is 24.1. The van der Waals surface area contributed by atoms with Crippen LogP contribution < -0.4 is 30.7 Å². The Labute approximate surface area is 457 Å². The molecule has 5 heterocycles. The van der Waals surface area contributed by atoms with Crippen LogP contribution in [0.1, 0.15) is 110 Å². The average molecular weight is 1080 g/mol. The zero-order chi connectivity index (χ0) is 54.2. The molecule has 4 unspecified atom stereocenters. The summed E-state index contributed by atoms with van der Waals surface area (Å²) in [6.07, 6.45) is 9.34. The maximum Gasteiger partial charge on any atom is 0.272 e. The molecule has 0 aliphatic carbocycles. The molecular formula is C57H78N8O11S. The number of thioether (sulfide) groups is 1. The van der Waals surface area contributed by atoms with E-state index in [0.29, 0.717) is 143 Å². The molecule has 4 aliphatic heterocycles. The van der Waals surface area contributed by atoms with Crippen LogP contribution in [0.3, 0.4) is 0 Å². The maximum absolute atomic E-state index is 13.4. The van der Waals surface area contributed by atoms with Crippen LogP contribution in [0.2, 0.25) is 0 Å². The van der Waals surface area contributed by atoms with Crippen molar-refractivity contribution in [3.05, 3.63) is 83.2 Å². The van der Waals surface area contributed by atoms with E-state index in [1.54, 1.807) is 42.3 Å². The van der Waals surface area contributed by atoms with Crippen molar-refractivity contribution in [3.63, 3.8) is 0 Å². The first-order chi connectivity index (χ1) is 37.6. The average Bonchev–Trinajstić information content (AvgIpc) is 3.87. The maximum atomic E-state index is 13.4. The number of amides is 5. The molecular weight excluding hydrogens is 1000 g/mol. The number of likely N-dealkylation sites (tertiary alicyclic amines) is 2. The number of rotatable bonds is 30. The number of nitrogens with one attached hydrogen (secondary N) is 4. The smallest absolute Gasteiger partial charge is 0.272 e. The van der Waals surface area contributed by atoms with Crippen molar-refractivity contribution in [2.24, 2.45) is 11.8 Å². The molecule has 4 atom stereocenters.